The molecule has 0 bridgehead atoms. The minimum absolute atomic E-state index is 0.750. The summed E-state index contributed by atoms with van der Waals surface area (Å²) in [7, 11) is 3.79. The fourth-order valence-electron chi connectivity index (χ4n) is 3.78. The molecule has 0 radical (unpaired) electrons. The average molecular weight is 460 g/mol. The summed E-state index contributed by atoms with van der Waals surface area (Å²) in [5.74, 6) is 1.98. The van der Waals surface area contributed by atoms with Gasteiger partial charge in [-0.2, -0.15) is 5.10 Å². The predicted molar refractivity (Wildman–Crippen MR) is 140 cm³/mol. The largest absolute Gasteiger partial charge is 0.375 e. The summed E-state index contributed by atoms with van der Waals surface area (Å²) in [5, 5.41) is 12.8. The highest BCUT2D eigenvalue weighted by Gasteiger charge is 2.11. The summed E-state index contributed by atoms with van der Waals surface area (Å²) in [6.45, 7) is 7.91. The number of aryl methyl sites for hydroxylation is 1. The third-order valence-electron chi connectivity index (χ3n) is 5.60. The number of nitrogens with zero attached hydrogens (tertiary/aromatic N) is 4. The summed E-state index contributed by atoms with van der Waals surface area (Å²) in [4.78, 5) is 9.81. The molecule has 170 valence electrons. The van der Waals surface area contributed by atoms with E-state index in [-0.39, 0.29) is 0 Å². The zero-order valence-electron chi connectivity index (χ0n) is 19.0. The van der Waals surface area contributed by atoms with Crippen LogP contribution in [0.1, 0.15) is 5.56 Å². The normalized spacial score (nSPS) is 13.3. The highest BCUT2D eigenvalue weighted by atomic mass is 32.1. The van der Waals surface area contributed by atoms with Gasteiger partial charge in [0.15, 0.2) is 0 Å². The second-order valence-electron chi connectivity index (χ2n) is 7.86. The van der Waals surface area contributed by atoms with Crippen LogP contribution in [0.2, 0.25) is 0 Å². The first-order chi connectivity index (χ1) is 16.1. The van der Waals surface area contributed by atoms with E-state index in [1.54, 1.807) is 4.68 Å². The Kier molecular flexibility index (Phi) is 7.16. The first-order valence-corrected chi connectivity index (χ1v) is 11.4. The Hall–Kier alpha value is -3.49. The summed E-state index contributed by atoms with van der Waals surface area (Å²) in [5.41, 5.74) is 3.38. The van der Waals surface area contributed by atoms with Crippen molar-refractivity contribution in [3.05, 3.63) is 71.8 Å². The third-order valence-corrected chi connectivity index (χ3v) is 5.92. The van der Waals surface area contributed by atoms with E-state index in [2.05, 4.69) is 67.5 Å². The summed E-state index contributed by atoms with van der Waals surface area (Å²) in [6, 6.07) is 12.4. The van der Waals surface area contributed by atoms with Gasteiger partial charge in [0.05, 0.1) is 6.20 Å². The van der Waals surface area contributed by atoms with Crippen LogP contribution in [0.4, 0.5) is 11.6 Å². The van der Waals surface area contributed by atoms with Gasteiger partial charge >= 0.3 is 0 Å². The van der Waals surface area contributed by atoms with E-state index in [0.29, 0.717) is 0 Å². The van der Waals surface area contributed by atoms with Gasteiger partial charge in [-0.25, -0.2) is 4.98 Å². The number of hydrogen-bond donors (Lipinski definition) is 3. The van der Waals surface area contributed by atoms with Crippen LogP contribution in [0.15, 0.2) is 61.6 Å². The molecule has 5 rings (SSSR count). The first kappa shape index (κ1) is 22.7. The van der Waals surface area contributed by atoms with Gasteiger partial charge in [-0.15, -0.1) is 0 Å². The van der Waals surface area contributed by atoms with E-state index in [9.17, 15) is 0 Å². The van der Waals surface area contributed by atoms with Gasteiger partial charge in [-0.05, 0) is 40.8 Å². The van der Waals surface area contributed by atoms with Gasteiger partial charge in [0.1, 0.15) is 16.3 Å². The fraction of sp³-hybridized carbons (Fsp3) is 0.240. The number of anilines is 2. The first-order valence-electron chi connectivity index (χ1n) is 11.0. The molecule has 4 aromatic rings. The lowest BCUT2D eigenvalue weighted by atomic mass is 10.1. The van der Waals surface area contributed by atoms with Crippen LogP contribution in [0, 0.1) is 4.64 Å². The number of fused-ring (bicyclic) bond motifs is 1. The maximum Gasteiger partial charge on any atom is 0.129 e. The van der Waals surface area contributed by atoms with Crippen LogP contribution >= 0.6 is 12.2 Å². The number of aromatic nitrogens is 4. The average Bonchev–Trinajstić information content (AvgIpc) is 3.31. The van der Waals surface area contributed by atoms with Crippen LogP contribution < -0.4 is 15.5 Å². The number of nitrogens with one attached hydrogen (secondary N) is 3. The maximum atomic E-state index is 5.36. The molecule has 1 aliphatic rings. The topological polar surface area (TPSA) is 73.8 Å². The molecule has 7 nitrogen and oxygen atoms in total. The van der Waals surface area contributed by atoms with Crippen LogP contribution in [-0.2, 0) is 7.05 Å². The zero-order chi connectivity index (χ0) is 23.2. The number of piperazine rings is 1. The Bertz CT molecular complexity index is 1300. The number of hydrogen-bond acceptors (Lipinski definition) is 6. The predicted octanol–water partition coefficient (Wildman–Crippen LogP) is 4.47. The Morgan fingerprint density at radius 2 is 1.94 bits per heavy atom. The Labute approximate surface area is 199 Å². The zero-order valence-corrected chi connectivity index (χ0v) is 19.8. The van der Waals surface area contributed by atoms with Crippen LogP contribution in [-0.4, -0.2) is 53.0 Å². The van der Waals surface area contributed by atoms with Crippen LogP contribution in [0.25, 0.3) is 28.0 Å². The standard InChI is InChI=1S/C14H14N4S.C11H15N3/c1-15-13-6-10-5-9(11-7-16-18(2)8-11)3-4-12(10)14(19)17-13;1-2-10-3-4-13-11(9-10)14-7-5-12-6-8-14/h3-8H,1-2H3,(H2,15,17,19);2-4,9,12H,1,5-8H2. The molecule has 1 saturated heterocycles. The Balaban J connectivity index is 0.000000165. The van der Waals surface area contributed by atoms with Crippen molar-refractivity contribution in [2.24, 2.45) is 7.05 Å². The maximum absolute atomic E-state index is 5.36. The molecule has 0 spiro atoms. The SMILES string of the molecule is C=Cc1ccnc(N2CCNCC2)c1.CNc1cc2cc(-c3cnn(C)c3)ccc2c(=S)[nH]1. The van der Waals surface area contributed by atoms with Crippen molar-refractivity contribution in [2.45, 2.75) is 0 Å². The monoisotopic (exact) mass is 459 g/mol. The number of rotatable bonds is 4. The van der Waals surface area contributed by atoms with Crippen molar-refractivity contribution in [1.82, 2.24) is 25.1 Å². The second kappa shape index (κ2) is 10.4. The van der Waals surface area contributed by atoms with Crippen molar-refractivity contribution in [3.63, 3.8) is 0 Å². The van der Waals surface area contributed by atoms with Gasteiger partial charge in [0.2, 0.25) is 0 Å². The minimum Gasteiger partial charge on any atom is -0.375 e. The molecule has 1 aromatic carbocycles. The van der Waals surface area contributed by atoms with Crippen molar-refractivity contribution in [3.8, 4) is 11.1 Å². The van der Waals surface area contributed by atoms with Crippen molar-refractivity contribution >= 4 is 40.7 Å². The smallest absolute Gasteiger partial charge is 0.129 e. The number of pyridine rings is 2. The number of benzene rings is 1. The molecule has 1 fully saturated rings. The Morgan fingerprint density at radius 1 is 1.12 bits per heavy atom. The molecule has 0 unspecified atom stereocenters. The molecule has 0 amide bonds. The van der Waals surface area contributed by atoms with Gasteiger partial charge < -0.3 is 20.5 Å². The van der Waals surface area contributed by atoms with Crippen LogP contribution in [0.5, 0.6) is 0 Å². The molecule has 4 heterocycles. The van der Waals surface area contributed by atoms with Crippen molar-refractivity contribution < 1.29 is 0 Å². The lowest BCUT2D eigenvalue weighted by Gasteiger charge is -2.28. The summed E-state index contributed by atoms with van der Waals surface area (Å²) < 4.78 is 2.55. The molecule has 0 aliphatic carbocycles. The summed E-state index contributed by atoms with van der Waals surface area (Å²) >= 11 is 5.36. The molecule has 0 saturated carbocycles. The summed E-state index contributed by atoms with van der Waals surface area (Å²) in [6.07, 6.45) is 7.56. The van der Waals surface area contributed by atoms with E-state index < -0.39 is 0 Å². The second-order valence-corrected chi connectivity index (χ2v) is 8.26. The van der Waals surface area contributed by atoms with E-state index in [1.807, 2.05) is 44.8 Å². The van der Waals surface area contributed by atoms with E-state index >= 15 is 0 Å². The Morgan fingerprint density at radius 3 is 2.64 bits per heavy atom. The van der Waals surface area contributed by atoms with Gasteiger partial charge in [0, 0.05) is 63.6 Å². The van der Waals surface area contributed by atoms with Crippen LogP contribution in [0.3, 0.4) is 0 Å². The highest BCUT2D eigenvalue weighted by Crippen LogP contribution is 2.25. The molecule has 0 atom stereocenters. The lowest BCUT2D eigenvalue weighted by molar-refractivity contribution is 0.585. The third kappa shape index (κ3) is 5.47. The number of H-pyrrole nitrogens is 1. The fourth-order valence-corrected chi connectivity index (χ4v) is 4.08. The molecule has 3 N–H and O–H groups in total. The van der Waals surface area contributed by atoms with Gasteiger partial charge in [-0.3, -0.25) is 4.68 Å². The number of aromatic amines is 1. The van der Waals surface area contributed by atoms with Gasteiger partial charge in [-0.1, -0.05) is 37.0 Å². The van der Waals surface area contributed by atoms with Gasteiger partial charge in [0.25, 0.3) is 0 Å². The van der Waals surface area contributed by atoms with E-state index in [0.717, 1.165) is 69.9 Å². The minimum atomic E-state index is 0.750. The molecular weight excluding hydrogens is 430 g/mol. The molecule has 8 heteroatoms. The lowest BCUT2D eigenvalue weighted by Crippen LogP contribution is -2.43. The van der Waals surface area contributed by atoms with E-state index in [1.165, 1.54) is 0 Å². The van der Waals surface area contributed by atoms with Crippen molar-refractivity contribution in [2.75, 3.05) is 43.4 Å². The molecule has 3 aromatic heterocycles. The molecule has 1 aliphatic heterocycles. The molecule has 33 heavy (non-hydrogen) atoms. The highest BCUT2D eigenvalue weighted by molar-refractivity contribution is 7.71. The van der Waals surface area contributed by atoms with Crippen molar-refractivity contribution in [1.29, 1.82) is 0 Å². The quantitative estimate of drug-likeness (QED) is 0.391. The van der Waals surface area contributed by atoms with E-state index in [4.69, 9.17) is 12.2 Å². The molecular formula is C25H29N7S.